The highest BCUT2D eigenvalue weighted by Gasteiger charge is 2.36. The zero-order valence-corrected chi connectivity index (χ0v) is 13.2. The highest BCUT2D eigenvalue weighted by molar-refractivity contribution is 5.86. The molecule has 0 aliphatic rings. The van der Waals surface area contributed by atoms with Gasteiger partial charge in [-0.25, -0.2) is 0 Å². The third kappa shape index (κ3) is 3.45. The summed E-state index contributed by atoms with van der Waals surface area (Å²) in [5.41, 5.74) is -1.91. The number of halogens is 6. The van der Waals surface area contributed by atoms with Crippen LogP contribution >= 0.6 is 0 Å². The quantitative estimate of drug-likeness (QED) is 0.426. The van der Waals surface area contributed by atoms with E-state index in [-0.39, 0.29) is 22.3 Å². The maximum atomic E-state index is 13.4. The van der Waals surface area contributed by atoms with E-state index in [1.54, 1.807) is 0 Å². The minimum absolute atomic E-state index is 0.0946. The molecule has 3 rings (SSSR count). The average molecular weight is 366 g/mol. The molecule has 0 heterocycles. The number of hydrogen-bond donors (Lipinski definition) is 0. The number of benzene rings is 3. The lowest BCUT2D eigenvalue weighted by atomic mass is 9.89. The summed E-state index contributed by atoms with van der Waals surface area (Å²) in [6.07, 6.45) is -9.24. The van der Waals surface area contributed by atoms with Gasteiger partial charge in [-0.15, -0.1) is 0 Å². The molecule has 0 aliphatic carbocycles. The molecule has 0 N–H and O–H groups in total. The van der Waals surface area contributed by atoms with Crippen molar-refractivity contribution in [3.8, 4) is 22.3 Å². The van der Waals surface area contributed by atoms with Crippen LogP contribution in [0.5, 0.6) is 0 Å². The molecule has 0 bridgehead atoms. The van der Waals surface area contributed by atoms with Gasteiger partial charge in [-0.2, -0.15) is 26.3 Å². The van der Waals surface area contributed by atoms with E-state index in [4.69, 9.17) is 0 Å². The molecule has 0 nitrogen and oxygen atoms in total. The van der Waals surface area contributed by atoms with Gasteiger partial charge < -0.3 is 0 Å². The Morgan fingerprint density at radius 3 is 0.962 bits per heavy atom. The van der Waals surface area contributed by atoms with Gasteiger partial charge in [0.05, 0.1) is 11.1 Å². The molecule has 0 atom stereocenters. The second-order valence-electron chi connectivity index (χ2n) is 5.63. The highest BCUT2D eigenvalue weighted by Crippen LogP contribution is 2.43. The fourth-order valence-corrected chi connectivity index (χ4v) is 2.88. The standard InChI is InChI=1S/C20H12F6/c21-19(22,23)17-11-5-3-9-15(17)13-7-1-2-8-14(13)16-10-4-6-12-18(16)20(24,25)26/h1-12H. The molecular formula is C20H12F6. The van der Waals surface area contributed by atoms with Gasteiger partial charge in [0.15, 0.2) is 0 Å². The third-order valence-corrected chi connectivity index (χ3v) is 3.97. The molecular weight excluding hydrogens is 354 g/mol. The number of rotatable bonds is 2. The molecule has 0 spiro atoms. The van der Waals surface area contributed by atoms with Crippen molar-refractivity contribution in [3.63, 3.8) is 0 Å². The van der Waals surface area contributed by atoms with Gasteiger partial charge >= 0.3 is 12.4 Å². The van der Waals surface area contributed by atoms with Crippen molar-refractivity contribution >= 4 is 0 Å². The normalized spacial score (nSPS) is 12.2. The number of hydrogen-bond acceptors (Lipinski definition) is 0. The van der Waals surface area contributed by atoms with Gasteiger partial charge in [0.2, 0.25) is 0 Å². The van der Waals surface area contributed by atoms with Gasteiger partial charge in [0.25, 0.3) is 0 Å². The van der Waals surface area contributed by atoms with Crippen LogP contribution < -0.4 is 0 Å². The minimum atomic E-state index is -4.62. The Hall–Kier alpha value is -2.76. The lowest BCUT2D eigenvalue weighted by molar-refractivity contribution is -0.138. The zero-order valence-electron chi connectivity index (χ0n) is 13.2. The fourth-order valence-electron chi connectivity index (χ4n) is 2.88. The Bertz CT molecular complexity index is 845. The molecule has 6 heteroatoms. The lowest BCUT2D eigenvalue weighted by Gasteiger charge is -2.18. The Labute approximate surface area is 145 Å². The Kier molecular flexibility index (Phi) is 4.52. The summed E-state index contributed by atoms with van der Waals surface area (Å²) < 4.78 is 80.1. The molecule has 0 radical (unpaired) electrons. The number of alkyl halides is 6. The molecule has 3 aromatic rings. The van der Waals surface area contributed by atoms with Crippen LogP contribution in [0.1, 0.15) is 11.1 Å². The van der Waals surface area contributed by atoms with Crippen molar-refractivity contribution in [2.24, 2.45) is 0 Å². The summed E-state index contributed by atoms with van der Waals surface area (Å²) in [5.74, 6) is 0. The van der Waals surface area contributed by atoms with E-state index < -0.39 is 23.5 Å². The van der Waals surface area contributed by atoms with Crippen molar-refractivity contribution in [2.45, 2.75) is 12.4 Å². The summed E-state index contributed by atoms with van der Waals surface area (Å²) in [6.45, 7) is 0. The van der Waals surface area contributed by atoms with Crippen LogP contribution in [-0.4, -0.2) is 0 Å². The van der Waals surface area contributed by atoms with Crippen LogP contribution in [-0.2, 0) is 12.4 Å². The fraction of sp³-hybridized carbons (Fsp3) is 0.100. The van der Waals surface area contributed by atoms with E-state index in [2.05, 4.69) is 0 Å². The van der Waals surface area contributed by atoms with Crippen LogP contribution in [0.15, 0.2) is 72.8 Å². The van der Waals surface area contributed by atoms with Crippen molar-refractivity contribution in [3.05, 3.63) is 83.9 Å². The molecule has 3 aromatic carbocycles. The first-order valence-electron chi connectivity index (χ1n) is 7.62. The van der Waals surface area contributed by atoms with E-state index in [0.717, 1.165) is 12.1 Å². The average Bonchev–Trinajstić information content (AvgIpc) is 2.60. The molecule has 26 heavy (non-hydrogen) atoms. The van der Waals surface area contributed by atoms with E-state index in [1.165, 1.54) is 60.7 Å². The second-order valence-corrected chi connectivity index (χ2v) is 5.63. The van der Waals surface area contributed by atoms with Crippen molar-refractivity contribution in [1.29, 1.82) is 0 Å². The molecule has 0 aliphatic heterocycles. The smallest absolute Gasteiger partial charge is 0.166 e. The van der Waals surface area contributed by atoms with Crippen LogP contribution in [0, 0.1) is 0 Å². The summed E-state index contributed by atoms with van der Waals surface area (Å²) in [4.78, 5) is 0. The molecule has 134 valence electrons. The van der Waals surface area contributed by atoms with Crippen LogP contribution in [0.4, 0.5) is 26.3 Å². The Balaban J connectivity index is 2.29. The molecule has 0 fully saturated rings. The Morgan fingerprint density at radius 1 is 0.385 bits per heavy atom. The van der Waals surface area contributed by atoms with Crippen molar-refractivity contribution in [1.82, 2.24) is 0 Å². The molecule has 0 unspecified atom stereocenters. The molecule has 0 aromatic heterocycles. The SMILES string of the molecule is FC(F)(F)c1ccccc1-c1ccccc1-c1ccccc1C(F)(F)F. The third-order valence-electron chi connectivity index (χ3n) is 3.97. The van der Waals surface area contributed by atoms with E-state index in [0.29, 0.717) is 0 Å². The summed E-state index contributed by atoms with van der Waals surface area (Å²) in [7, 11) is 0. The maximum Gasteiger partial charge on any atom is 0.417 e. The van der Waals surface area contributed by atoms with E-state index in [1.807, 2.05) is 0 Å². The van der Waals surface area contributed by atoms with Crippen LogP contribution in [0.2, 0.25) is 0 Å². The molecule has 0 saturated heterocycles. The summed E-state index contributed by atoms with van der Waals surface area (Å²) in [6, 6.07) is 15.5. The first-order chi connectivity index (χ1) is 12.2. The lowest BCUT2D eigenvalue weighted by Crippen LogP contribution is -2.09. The first-order valence-corrected chi connectivity index (χ1v) is 7.62. The van der Waals surface area contributed by atoms with Gasteiger partial charge in [-0.3, -0.25) is 0 Å². The molecule has 0 amide bonds. The minimum Gasteiger partial charge on any atom is -0.166 e. The van der Waals surface area contributed by atoms with E-state index >= 15 is 0 Å². The Morgan fingerprint density at radius 2 is 0.654 bits per heavy atom. The van der Waals surface area contributed by atoms with Crippen molar-refractivity contribution < 1.29 is 26.3 Å². The van der Waals surface area contributed by atoms with Gasteiger partial charge in [0, 0.05) is 0 Å². The van der Waals surface area contributed by atoms with E-state index in [9.17, 15) is 26.3 Å². The molecule has 0 saturated carbocycles. The largest absolute Gasteiger partial charge is 0.417 e. The topological polar surface area (TPSA) is 0 Å². The van der Waals surface area contributed by atoms with Gasteiger partial charge in [-0.05, 0) is 34.4 Å². The zero-order chi connectivity index (χ0) is 18.9. The van der Waals surface area contributed by atoms with Crippen molar-refractivity contribution in [2.75, 3.05) is 0 Å². The maximum absolute atomic E-state index is 13.4. The van der Waals surface area contributed by atoms with Gasteiger partial charge in [0.1, 0.15) is 0 Å². The monoisotopic (exact) mass is 366 g/mol. The van der Waals surface area contributed by atoms with Crippen LogP contribution in [0.25, 0.3) is 22.3 Å². The predicted octanol–water partition coefficient (Wildman–Crippen LogP) is 7.06. The predicted molar refractivity (Wildman–Crippen MR) is 87.3 cm³/mol. The summed E-state index contributed by atoms with van der Waals surface area (Å²) in [5, 5.41) is 0. The summed E-state index contributed by atoms with van der Waals surface area (Å²) >= 11 is 0. The van der Waals surface area contributed by atoms with Crippen LogP contribution in [0.3, 0.4) is 0 Å². The highest BCUT2D eigenvalue weighted by atomic mass is 19.4. The van der Waals surface area contributed by atoms with Gasteiger partial charge in [-0.1, -0.05) is 60.7 Å². The second kappa shape index (κ2) is 6.52. The first kappa shape index (κ1) is 18.0.